The van der Waals surface area contributed by atoms with Gasteiger partial charge in [-0.25, -0.2) is 9.97 Å². The molecule has 2 heterocycles. The van der Waals surface area contributed by atoms with E-state index in [0.29, 0.717) is 16.7 Å². The van der Waals surface area contributed by atoms with Gasteiger partial charge in [0.1, 0.15) is 5.52 Å². The van der Waals surface area contributed by atoms with Crippen LogP contribution in [0.2, 0.25) is 0 Å². The van der Waals surface area contributed by atoms with E-state index < -0.39 is 0 Å². The second-order valence-corrected chi connectivity index (χ2v) is 6.76. The molecule has 19 heavy (non-hydrogen) atoms. The van der Waals surface area contributed by atoms with Crippen LogP contribution < -0.4 is 5.32 Å². The second kappa shape index (κ2) is 3.71. The van der Waals surface area contributed by atoms with Gasteiger partial charge in [0, 0.05) is 19.8 Å². The largest absolute Gasteiger partial charge is 0.368 e. The summed E-state index contributed by atoms with van der Waals surface area (Å²) >= 11 is 0. The van der Waals surface area contributed by atoms with Crippen molar-refractivity contribution >= 4 is 16.9 Å². The van der Waals surface area contributed by atoms with E-state index in [1.807, 2.05) is 30.2 Å². The van der Waals surface area contributed by atoms with E-state index >= 15 is 0 Å². The third kappa shape index (κ3) is 1.66. The standard InChI is InChI=1S/C15H22N4/c1-14(2)11(15(14,3)4)8-17-13-12-10(6-7-16-13)19(5)9-18-12/h6-7,9,11H,8H2,1-5H3,(H,16,17). The van der Waals surface area contributed by atoms with Crippen LogP contribution in [0.1, 0.15) is 27.7 Å². The van der Waals surface area contributed by atoms with Crippen LogP contribution in [-0.4, -0.2) is 21.1 Å². The molecule has 1 N–H and O–H groups in total. The number of rotatable bonds is 3. The maximum atomic E-state index is 4.43. The summed E-state index contributed by atoms with van der Waals surface area (Å²) in [5.74, 6) is 1.58. The monoisotopic (exact) mass is 258 g/mol. The summed E-state index contributed by atoms with van der Waals surface area (Å²) in [6.07, 6.45) is 3.68. The molecule has 0 atom stereocenters. The Morgan fingerprint density at radius 2 is 1.89 bits per heavy atom. The van der Waals surface area contributed by atoms with Gasteiger partial charge in [-0.1, -0.05) is 27.7 Å². The SMILES string of the molecule is Cn1cnc2c(NCC3C(C)(C)C3(C)C)nccc21. The van der Waals surface area contributed by atoms with E-state index in [9.17, 15) is 0 Å². The van der Waals surface area contributed by atoms with Crippen molar-refractivity contribution in [1.29, 1.82) is 0 Å². The molecule has 0 amide bonds. The lowest BCUT2D eigenvalue weighted by Gasteiger charge is -2.07. The smallest absolute Gasteiger partial charge is 0.154 e. The molecule has 0 spiro atoms. The number of fused-ring (bicyclic) bond motifs is 1. The molecule has 0 unspecified atom stereocenters. The molecule has 0 aromatic carbocycles. The number of pyridine rings is 1. The van der Waals surface area contributed by atoms with Gasteiger partial charge in [0.15, 0.2) is 5.82 Å². The van der Waals surface area contributed by atoms with Crippen molar-refractivity contribution in [3.63, 3.8) is 0 Å². The van der Waals surface area contributed by atoms with Crippen molar-refractivity contribution in [3.05, 3.63) is 18.6 Å². The van der Waals surface area contributed by atoms with Crippen LogP contribution >= 0.6 is 0 Å². The molecule has 1 fully saturated rings. The average Bonchev–Trinajstić information content (AvgIpc) is 2.63. The minimum Gasteiger partial charge on any atom is -0.368 e. The molecule has 3 rings (SSSR count). The summed E-state index contributed by atoms with van der Waals surface area (Å²) in [6.45, 7) is 10.3. The first kappa shape index (κ1) is 12.5. The first-order valence-electron chi connectivity index (χ1n) is 6.85. The summed E-state index contributed by atoms with van der Waals surface area (Å²) in [4.78, 5) is 8.86. The highest BCUT2D eigenvalue weighted by molar-refractivity contribution is 5.85. The van der Waals surface area contributed by atoms with Crippen LogP contribution in [0.5, 0.6) is 0 Å². The number of hydrogen-bond acceptors (Lipinski definition) is 3. The third-order valence-corrected chi connectivity index (χ3v) is 5.44. The molecule has 0 bridgehead atoms. The van der Waals surface area contributed by atoms with Gasteiger partial charge in [-0.3, -0.25) is 0 Å². The number of aryl methyl sites for hydroxylation is 1. The topological polar surface area (TPSA) is 42.7 Å². The van der Waals surface area contributed by atoms with Crippen molar-refractivity contribution in [2.24, 2.45) is 23.8 Å². The predicted octanol–water partition coefficient (Wildman–Crippen LogP) is 3.06. The van der Waals surface area contributed by atoms with Crippen molar-refractivity contribution in [3.8, 4) is 0 Å². The molecule has 1 aliphatic carbocycles. The Kier molecular flexibility index (Phi) is 2.43. The number of anilines is 1. The molecule has 4 nitrogen and oxygen atoms in total. The van der Waals surface area contributed by atoms with Crippen LogP contribution in [0.15, 0.2) is 18.6 Å². The van der Waals surface area contributed by atoms with Crippen LogP contribution in [0.25, 0.3) is 11.0 Å². The fourth-order valence-corrected chi connectivity index (χ4v) is 3.23. The lowest BCUT2D eigenvalue weighted by molar-refractivity contribution is 0.457. The number of aromatic nitrogens is 3. The maximum Gasteiger partial charge on any atom is 0.154 e. The van der Waals surface area contributed by atoms with Gasteiger partial charge < -0.3 is 9.88 Å². The number of hydrogen-bond donors (Lipinski definition) is 1. The van der Waals surface area contributed by atoms with Crippen molar-refractivity contribution in [2.75, 3.05) is 11.9 Å². The van der Waals surface area contributed by atoms with Crippen molar-refractivity contribution in [1.82, 2.24) is 14.5 Å². The Hall–Kier alpha value is -1.58. The number of nitrogens with zero attached hydrogens (tertiary/aromatic N) is 3. The number of nitrogens with one attached hydrogen (secondary N) is 1. The first-order valence-corrected chi connectivity index (χ1v) is 6.85. The summed E-state index contributed by atoms with van der Waals surface area (Å²) in [5.41, 5.74) is 2.88. The molecule has 0 aliphatic heterocycles. The number of imidazole rings is 1. The highest BCUT2D eigenvalue weighted by Gasteiger charge is 2.64. The lowest BCUT2D eigenvalue weighted by atomic mass is 10.0. The third-order valence-electron chi connectivity index (χ3n) is 5.44. The zero-order valence-electron chi connectivity index (χ0n) is 12.4. The van der Waals surface area contributed by atoms with Crippen LogP contribution in [0.3, 0.4) is 0 Å². The molecule has 2 aromatic rings. The summed E-state index contributed by atoms with van der Waals surface area (Å²) in [7, 11) is 2.01. The van der Waals surface area contributed by atoms with E-state index in [4.69, 9.17) is 0 Å². The van der Waals surface area contributed by atoms with E-state index in [1.165, 1.54) is 0 Å². The van der Waals surface area contributed by atoms with Crippen LogP contribution in [0, 0.1) is 16.7 Å². The molecule has 0 radical (unpaired) electrons. The molecule has 4 heteroatoms. The van der Waals surface area contributed by atoms with Gasteiger partial charge in [-0.15, -0.1) is 0 Å². The first-order chi connectivity index (χ1) is 8.85. The van der Waals surface area contributed by atoms with E-state index in [1.54, 1.807) is 0 Å². The zero-order valence-corrected chi connectivity index (χ0v) is 12.4. The highest BCUT2D eigenvalue weighted by Crippen LogP contribution is 2.68. The molecular weight excluding hydrogens is 236 g/mol. The van der Waals surface area contributed by atoms with E-state index in [2.05, 4.69) is 43.0 Å². The van der Waals surface area contributed by atoms with Gasteiger partial charge >= 0.3 is 0 Å². The molecule has 102 valence electrons. The Bertz CT molecular complexity index is 610. The van der Waals surface area contributed by atoms with E-state index in [0.717, 1.165) is 23.4 Å². The molecule has 1 aliphatic rings. The zero-order chi connectivity index (χ0) is 13.8. The van der Waals surface area contributed by atoms with Gasteiger partial charge in [0.05, 0.1) is 11.8 Å². The fraction of sp³-hybridized carbons (Fsp3) is 0.600. The van der Waals surface area contributed by atoms with Crippen molar-refractivity contribution < 1.29 is 0 Å². The summed E-state index contributed by atoms with van der Waals surface area (Å²) < 4.78 is 2.02. The Morgan fingerprint density at radius 1 is 1.21 bits per heavy atom. The quantitative estimate of drug-likeness (QED) is 0.920. The lowest BCUT2D eigenvalue weighted by Crippen LogP contribution is -2.09. The normalized spacial score (nSPS) is 20.7. The maximum absolute atomic E-state index is 4.43. The summed E-state index contributed by atoms with van der Waals surface area (Å²) in [5, 5.41) is 3.49. The van der Waals surface area contributed by atoms with Gasteiger partial charge in [-0.2, -0.15) is 0 Å². The highest BCUT2D eigenvalue weighted by atomic mass is 15.1. The van der Waals surface area contributed by atoms with Crippen molar-refractivity contribution in [2.45, 2.75) is 27.7 Å². The minimum atomic E-state index is 0.401. The fourth-order valence-electron chi connectivity index (χ4n) is 3.23. The Morgan fingerprint density at radius 3 is 2.53 bits per heavy atom. The molecule has 0 saturated heterocycles. The minimum absolute atomic E-state index is 0.401. The molecule has 1 saturated carbocycles. The average molecular weight is 258 g/mol. The van der Waals surface area contributed by atoms with Gasteiger partial charge in [0.2, 0.25) is 0 Å². The van der Waals surface area contributed by atoms with Gasteiger partial charge in [0.25, 0.3) is 0 Å². The predicted molar refractivity (Wildman–Crippen MR) is 78.1 cm³/mol. The van der Waals surface area contributed by atoms with E-state index in [-0.39, 0.29) is 0 Å². The van der Waals surface area contributed by atoms with Crippen LogP contribution in [0.4, 0.5) is 5.82 Å². The van der Waals surface area contributed by atoms with Crippen LogP contribution in [-0.2, 0) is 7.05 Å². The Labute approximate surface area is 114 Å². The molecular formula is C15H22N4. The molecule has 2 aromatic heterocycles. The van der Waals surface area contributed by atoms with Gasteiger partial charge in [-0.05, 0) is 22.8 Å². The second-order valence-electron chi connectivity index (χ2n) is 6.76. The summed E-state index contributed by atoms with van der Waals surface area (Å²) in [6, 6.07) is 2.00. The Balaban J connectivity index is 1.80.